The van der Waals surface area contributed by atoms with Crippen molar-refractivity contribution in [2.24, 2.45) is 0 Å². The lowest BCUT2D eigenvalue weighted by Gasteiger charge is -2.16. The van der Waals surface area contributed by atoms with Crippen LogP contribution in [-0.4, -0.2) is 24.4 Å². The smallest absolute Gasteiger partial charge is 0.255 e. The van der Waals surface area contributed by atoms with Gasteiger partial charge < -0.3 is 10.6 Å². The highest BCUT2D eigenvalue weighted by Crippen LogP contribution is 2.17. The summed E-state index contributed by atoms with van der Waals surface area (Å²) in [5.41, 5.74) is 7.95. The van der Waals surface area contributed by atoms with E-state index in [0.29, 0.717) is 17.8 Å². The van der Waals surface area contributed by atoms with E-state index in [4.69, 9.17) is 5.73 Å². The minimum atomic E-state index is -0.0197. The number of hydrogen-bond donors (Lipinski definition) is 1. The van der Waals surface area contributed by atoms with Gasteiger partial charge in [-0.3, -0.25) is 4.79 Å². The standard InChI is InChI=1S/C11H16N2O/c1-4-13(3)11(14)9-7-5-6-8(2)10(9)12/h5-7H,4,12H2,1-3H3. The van der Waals surface area contributed by atoms with Crippen molar-refractivity contribution < 1.29 is 4.79 Å². The van der Waals surface area contributed by atoms with Crippen LogP contribution in [0, 0.1) is 6.92 Å². The number of nitrogens with zero attached hydrogens (tertiary/aromatic N) is 1. The van der Waals surface area contributed by atoms with Crippen molar-refractivity contribution in [3.8, 4) is 0 Å². The van der Waals surface area contributed by atoms with Crippen LogP contribution in [0.2, 0.25) is 0 Å². The van der Waals surface area contributed by atoms with Crippen molar-refractivity contribution in [3.63, 3.8) is 0 Å². The molecule has 0 aliphatic carbocycles. The third kappa shape index (κ3) is 1.87. The van der Waals surface area contributed by atoms with Gasteiger partial charge in [0, 0.05) is 19.3 Å². The summed E-state index contributed by atoms with van der Waals surface area (Å²) in [5.74, 6) is -0.0197. The molecule has 0 atom stereocenters. The molecular weight excluding hydrogens is 176 g/mol. The van der Waals surface area contributed by atoms with Crippen LogP contribution in [0.4, 0.5) is 5.69 Å². The molecule has 14 heavy (non-hydrogen) atoms. The zero-order chi connectivity index (χ0) is 10.7. The summed E-state index contributed by atoms with van der Waals surface area (Å²) in [7, 11) is 1.77. The third-order valence-electron chi connectivity index (χ3n) is 2.38. The maximum atomic E-state index is 11.8. The van der Waals surface area contributed by atoms with Gasteiger partial charge in [0.15, 0.2) is 0 Å². The topological polar surface area (TPSA) is 46.3 Å². The van der Waals surface area contributed by atoms with Crippen LogP contribution in [0.5, 0.6) is 0 Å². The highest BCUT2D eigenvalue weighted by molar-refractivity contribution is 5.99. The normalized spacial score (nSPS) is 9.93. The molecule has 3 heteroatoms. The fourth-order valence-corrected chi connectivity index (χ4v) is 1.22. The molecule has 0 radical (unpaired) electrons. The molecule has 1 amide bonds. The summed E-state index contributed by atoms with van der Waals surface area (Å²) >= 11 is 0. The second-order valence-corrected chi connectivity index (χ2v) is 3.36. The van der Waals surface area contributed by atoms with Crippen LogP contribution in [0.1, 0.15) is 22.8 Å². The Bertz CT molecular complexity index is 347. The number of nitrogen functional groups attached to an aromatic ring is 1. The predicted octanol–water partition coefficient (Wildman–Crippen LogP) is 1.67. The van der Waals surface area contributed by atoms with E-state index in [1.807, 2.05) is 26.0 Å². The first-order valence-electron chi connectivity index (χ1n) is 4.68. The number of rotatable bonds is 2. The van der Waals surface area contributed by atoms with Gasteiger partial charge in [-0.15, -0.1) is 0 Å². The summed E-state index contributed by atoms with van der Waals surface area (Å²) in [5, 5.41) is 0. The van der Waals surface area contributed by atoms with Gasteiger partial charge in [-0.2, -0.15) is 0 Å². The lowest BCUT2D eigenvalue weighted by atomic mass is 10.1. The van der Waals surface area contributed by atoms with Gasteiger partial charge in [-0.05, 0) is 25.5 Å². The Hall–Kier alpha value is -1.51. The van der Waals surface area contributed by atoms with Gasteiger partial charge in [0.05, 0.1) is 5.56 Å². The van der Waals surface area contributed by atoms with Crippen LogP contribution in [0.3, 0.4) is 0 Å². The van der Waals surface area contributed by atoms with Gasteiger partial charge in [0.25, 0.3) is 5.91 Å². The summed E-state index contributed by atoms with van der Waals surface area (Å²) in [4.78, 5) is 13.4. The summed E-state index contributed by atoms with van der Waals surface area (Å²) < 4.78 is 0. The molecule has 1 rings (SSSR count). The number of carbonyl (C=O) groups excluding carboxylic acids is 1. The van der Waals surface area contributed by atoms with Gasteiger partial charge in [-0.1, -0.05) is 12.1 Å². The molecule has 0 spiro atoms. The number of hydrogen-bond acceptors (Lipinski definition) is 2. The summed E-state index contributed by atoms with van der Waals surface area (Å²) in [6.45, 7) is 4.52. The Kier molecular flexibility index (Phi) is 3.12. The van der Waals surface area contributed by atoms with E-state index in [9.17, 15) is 4.79 Å². The minimum Gasteiger partial charge on any atom is -0.398 e. The molecule has 0 fully saturated rings. The van der Waals surface area contributed by atoms with Gasteiger partial charge in [0.2, 0.25) is 0 Å². The molecule has 0 aliphatic heterocycles. The van der Waals surface area contributed by atoms with Crippen molar-refractivity contribution in [2.45, 2.75) is 13.8 Å². The largest absolute Gasteiger partial charge is 0.398 e. The third-order valence-corrected chi connectivity index (χ3v) is 2.38. The molecule has 0 bridgehead atoms. The van der Waals surface area contributed by atoms with Crippen molar-refractivity contribution in [2.75, 3.05) is 19.3 Å². The van der Waals surface area contributed by atoms with E-state index in [2.05, 4.69) is 0 Å². The number of carbonyl (C=O) groups is 1. The Balaban J connectivity index is 3.07. The zero-order valence-electron chi connectivity index (χ0n) is 8.87. The number of amides is 1. The number of para-hydroxylation sites is 1. The summed E-state index contributed by atoms with van der Waals surface area (Å²) in [6, 6.07) is 5.51. The quantitative estimate of drug-likeness (QED) is 0.724. The molecule has 0 heterocycles. The highest BCUT2D eigenvalue weighted by atomic mass is 16.2. The van der Waals surface area contributed by atoms with E-state index in [1.165, 1.54) is 0 Å². The van der Waals surface area contributed by atoms with Gasteiger partial charge in [0.1, 0.15) is 0 Å². The molecule has 1 aromatic rings. The zero-order valence-corrected chi connectivity index (χ0v) is 8.87. The molecule has 0 unspecified atom stereocenters. The van der Waals surface area contributed by atoms with Crippen molar-refractivity contribution in [1.82, 2.24) is 4.90 Å². The number of aryl methyl sites for hydroxylation is 1. The van der Waals surface area contributed by atoms with E-state index < -0.39 is 0 Å². The van der Waals surface area contributed by atoms with E-state index in [0.717, 1.165) is 5.56 Å². The highest BCUT2D eigenvalue weighted by Gasteiger charge is 2.13. The average Bonchev–Trinajstić information content (AvgIpc) is 2.20. The van der Waals surface area contributed by atoms with Crippen LogP contribution < -0.4 is 5.73 Å². The fraction of sp³-hybridized carbons (Fsp3) is 0.364. The Morgan fingerprint density at radius 3 is 2.71 bits per heavy atom. The van der Waals surface area contributed by atoms with Crippen molar-refractivity contribution in [1.29, 1.82) is 0 Å². The SMILES string of the molecule is CCN(C)C(=O)c1cccc(C)c1N. The molecule has 0 aliphatic rings. The number of anilines is 1. The lowest BCUT2D eigenvalue weighted by molar-refractivity contribution is 0.0803. The molecule has 3 nitrogen and oxygen atoms in total. The molecule has 0 saturated carbocycles. The van der Waals surface area contributed by atoms with E-state index >= 15 is 0 Å². The van der Waals surface area contributed by atoms with Crippen molar-refractivity contribution in [3.05, 3.63) is 29.3 Å². The Morgan fingerprint density at radius 2 is 2.14 bits per heavy atom. The van der Waals surface area contributed by atoms with Gasteiger partial charge in [-0.25, -0.2) is 0 Å². The summed E-state index contributed by atoms with van der Waals surface area (Å²) in [6.07, 6.45) is 0. The molecule has 1 aromatic carbocycles. The number of benzene rings is 1. The van der Waals surface area contributed by atoms with Crippen molar-refractivity contribution >= 4 is 11.6 Å². The fourth-order valence-electron chi connectivity index (χ4n) is 1.22. The first-order valence-corrected chi connectivity index (χ1v) is 4.68. The van der Waals surface area contributed by atoms with E-state index in [1.54, 1.807) is 18.0 Å². The van der Waals surface area contributed by atoms with Crippen LogP contribution >= 0.6 is 0 Å². The second-order valence-electron chi connectivity index (χ2n) is 3.36. The molecule has 2 N–H and O–H groups in total. The minimum absolute atomic E-state index is 0.0197. The maximum Gasteiger partial charge on any atom is 0.255 e. The van der Waals surface area contributed by atoms with Crippen LogP contribution in [0.25, 0.3) is 0 Å². The van der Waals surface area contributed by atoms with Crippen LogP contribution in [0.15, 0.2) is 18.2 Å². The van der Waals surface area contributed by atoms with Gasteiger partial charge >= 0.3 is 0 Å². The second kappa shape index (κ2) is 4.13. The molecule has 76 valence electrons. The molecule has 0 saturated heterocycles. The lowest BCUT2D eigenvalue weighted by Crippen LogP contribution is -2.27. The molecule has 0 aromatic heterocycles. The Labute approximate surface area is 84.5 Å². The first kappa shape index (κ1) is 10.6. The van der Waals surface area contributed by atoms with Crippen LogP contribution in [-0.2, 0) is 0 Å². The molecular formula is C11H16N2O. The average molecular weight is 192 g/mol. The maximum absolute atomic E-state index is 11.8. The first-order chi connectivity index (χ1) is 6.57. The number of nitrogens with two attached hydrogens (primary N) is 1. The monoisotopic (exact) mass is 192 g/mol. The van der Waals surface area contributed by atoms with E-state index in [-0.39, 0.29) is 5.91 Å². The Morgan fingerprint density at radius 1 is 1.50 bits per heavy atom. The predicted molar refractivity (Wildman–Crippen MR) is 58.2 cm³/mol.